The maximum Gasteiger partial charge on any atom is 0.0777 e. The Morgan fingerprint density at radius 3 is 1.09 bits per heavy atom. The molecule has 0 aliphatic heterocycles. The first kappa shape index (κ1) is 17.9. The largest absolute Gasteiger partial charge is 0.183 e. The van der Waals surface area contributed by atoms with Crippen LogP contribution in [0.4, 0.5) is 0 Å². The maximum absolute atomic E-state index is 8.74. The van der Waals surface area contributed by atoms with Gasteiger partial charge in [0.15, 0.2) is 0 Å². The van der Waals surface area contributed by atoms with Crippen LogP contribution >= 0.6 is 0 Å². The van der Waals surface area contributed by atoms with E-state index in [-0.39, 0.29) is 29.6 Å². The summed E-state index contributed by atoms with van der Waals surface area (Å²) in [5.74, 6) is 0. The fourth-order valence-corrected chi connectivity index (χ4v) is 0. The zero-order valence-corrected chi connectivity index (χ0v) is 5.74. The number of hydrogen-bond acceptors (Lipinski definition) is 6. The predicted octanol–water partition coefficient (Wildman–Crippen LogP) is -5.43. The molecule has 0 aromatic carbocycles. The summed E-state index contributed by atoms with van der Waals surface area (Å²) in [6.07, 6.45) is 0. The Kier molecular flexibility index (Phi) is 10.6. The second-order valence-corrected chi connectivity index (χ2v) is 2.53. The van der Waals surface area contributed by atoms with E-state index in [1.54, 1.807) is 0 Å². The Hall–Kier alpha value is 1.000. The molecule has 0 saturated carbocycles. The molecule has 11 heteroatoms. The van der Waals surface area contributed by atoms with Crippen LogP contribution in [0.15, 0.2) is 0 Å². The number of halogens is 1. The molecule has 0 fully saturated rings. The number of rotatable bonds is 0. The monoisotopic (exact) mass is 222 g/mol. The molecular formula is H4ClNaO8S. The summed E-state index contributed by atoms with van der Waals surface area (Å²) < 4.78 is 64.3. The molecule has 0 radical (unpaired) electrons. The number of hydrogen-bond donors (Lipinski definition) is 3. The molecule has 0 heterocycles. The van der Waals surface area contributed by atoms with E-state index in [1.807, 2.05) is 0 Å². The molecule has 3 N–H and O–H groups in total. The van der Waals surface area contributed by atoms with E-state index in [2.05, 4.69) is 0 Å². The molecule has 0 atom stereocenters. The molecule has 0 aromatic heterocycles. The van der Waals surface area contributed by atoms with Gasteiger partial charge in [0.2, 0.25) is 0 Å². The maximum atomic E-state index is 8.74. The van der Waals surface area contributed by atoms with E-state index in [0.717, 1.165) is 0 Å². The van der Waals surface area contributed by atoms with Crippen molar-refractivity contribution in [2.24, 2.45) is 0 Å². The molecule has 0 saturated heterocycles. The van der Waals surface area contributed by atoms with Crippen LogP contribution in [0, 0.1) is 10.2 Å². The van der Waals surface area contributed by atoms with Crippen molar-refractivity contribution in [3.63, 3.8) is 0 Å². The quantitative estimate of drug-likeness (QED) is 0.270. The van der Waals surface area contributed by atoms with Gasteiger partial charge < -0.3 is 0 Å². The summed E-state index contributed by atoms with van der Waals surface area (Å²) in [4.78, 5) is 0. The normalized spacial score (nSPS) is 10.7. The summed E-state index contributed by atoms with van der Waals surface area (Å²) in [6.45, 7) is 0. The van der Waals surface area contributed by atoms with Gasteiger partial charge in [0.1, 0.15) is 0 Å². The Morgan fingerprint density at radius 1 is 1.09 bits per heavy atom. The minimum Gasteiger partial charge on any atom is -0.183 e. The first-order chi connectivity index (χ1) is 4.00. The van der Waals surface area contributed by atoms with E-state index >= 15 is 0 Å². The smallest absolute Gasteiger partial charge is 0.0777 e. The molecule has 0 bridgehead atoms. The third kappa shape index (κ3) is 891. The molecule has 66 valence electrons. The van der Waals surface area contributed by atoms with Gasteiger partial charge in [0.25, 0.3) is 0 Å². The molecule has 0 rings (SSSR count). The first-order valence-electron chi connectivity index (χ1n) is 1.33. The van der Waals surface area contributed by atoms with Gasteiger partial charge in [-0.2, -0.15) is 22.4 Å². The summed E-state index contributed by atoms with van der Waals surface area (Å²) in [5.41, 5.74) is 0. The third-order valence-corrected chi connectivity index (χ3v) is 0. The molecule has 11 heavy (non-hydrogen) atoms. The molecule has 0 aliphatic rings. The van der Waals surface area contributed by atoms with Crippen molar-refractivity contribution in [2.75, 3.05) is 0 Å². The Labute approximate surface area is 86.1 Å². The van der Waals surface area contributed by atoms with Crippen LogP contribution < -0.4 is 14.0 Å². The van der Waals surface area contributed by atoms with Crippen LogP contribution in [-0.2, 0) is 10.4 Å². The summed E-state index contributed by atoms with van der Waals surface area (Å²) in [7, 11) is -9.36. The van der Waals surface area contributed by atoms with Gasteiger partial charge >= 0.3 is 40.0 Å². The predicted molar refractivity (Wildman–Crippen MR) is 23.5 cm³/mol. The van der Waals surface area contributed by atoms with Gasteiger partial charge in [-0.05, 0) is 0 Å². The molecule has 0 unspecified atom stereocenters. The van der Waals surface area contributed by atoms with Crippen LogP contribution in [-0.4, -0.2) is 51.7 Å². The van der Waals surface area contributed by atoms with Crippen molar-refractivity contribution in [3.8, 4) is 0 Å². The van der Waals surface area contributed by atoms with Crippen molar-refractivity contribution < 1.29 is 46.4 Å². The zero-order valence-electron chi connectivity index (χ0n) is 4.17. The van der Waals surface area contributed by atoms with Gasteiger partial charge in [-0.3, -0.25) is 9.11 Å². The van der Waals surface area contributed by atoms with Crippen LogP contribution in [0.25, 0.3) is 0 Å². The van der Waals surface area contributed by atoms with Crippen LogP contribution in [0.3, 0.4) is 0 Å². The van der Waals surface area contributed by atoms with Gasteiger partial charge in [0, 0.05) is 0 Å². The standard InChI is InChI=1S/ClHO4.Na.H2O4S.H/c2-1(3,4)5;;1-5(2,3)4;/h(H,2,3,4,5);;(H2,1,2,3,4);. The SMILES string of the molecule is O=S(=O)(O)O.[NaH].[O-][Cl+3]([O-])([O-])O. The summed E-state index contributed by atoms with van der Waals surface area (Å²) >= 11 is 0. The van der Waals surface area contributed by atoms with Gasteiger partial charge in [0.05, 0.1) is 14.9 Å². The minimum atomic E-state index is -4.69. The van der Waals surface area contributed by atoms with Gasteiger partial charge in [-0.1, -0.05) is 0 Å². The fourth-order valence-electron chi connectivity index (χ4n) is 0. The van der Waals surface area contributed by atoms with Crippen molar-refractivity contribution >= 4 is 40.0 Å². The van der Waals surface area contributed by atoms with E-state index in [4.69, 9.17) is 36.2 Å². The van der Waals surface area contributed by atoms with E-state index in [9.17, 15) is 0 Å². The molecule has 0 aromatic rings. The first-order valence-corrected chi connectivity index (χ1v) is 3.99. The molecule has 0 spiro atoms. The molecule has 0 aliphatic carbocycles. The second kappa shape index (κ2) is 6.51. The average Bonchev–Trinajstić information content (AvgIpc) is 1.12. The Morgan fingerprint density at radius 2 is 1.09 bits per heavy atom. The summed E-state index contributed by atoms with van der Waals surface area (Å²) in [6, 6.07) is 0. The molecule has 8 nitrogen and oxygen atoms in total. The third-order valence-electron chi connectivity index (χ3n) is 0. The second-order valence-electron chi connectivity index (χ2n) is 0.844. The van der Waals surface area contributed by atoms with Crippen molar-refractivity contribution in [2.45, 2.75) is 0 Å². The zero-order chi connectivity index (χ0) is 9.00. The fraction of sp³-hybridized carbons (Fsp3) is 0. The van der Waals surface area contributed by atoms with E-state index in [0.29, 0.717) is 0 Å². The molecular weight excluding hydrogens is 219 g/mol. The minimum absolute atomic E-state index is 0. The van der Waals surface area contributed by atoms with Crippen LogP contribution in [0.2, 0.25) is 0 Å². The van der Waals surface area contributed by atoms with Gasteiger partial charge in [-0.25, -0.2) is 0 Å². The average molecular weight is 223 g/mol. The molecule has 0 amide bonds. The van der Waals surface area contributed by atoms with Crippen LogP contribution in [0.1, 0.15) is 0 Å². The van der Waals surface area contributed by atoms with Crippen LogP contribution in [0.5, 0.6) is 0 Å². The Balaban J connectivity index is -0.000000107. The van der Waals surface area contributed by atoms with Crippen molar-refractivity contribution in [1.29, 1.82) is 0 Å². The van der Waals surface area contributed by atoms with Gasteiger partial charge in [-0.15, -0.1) is 0 Å². The Bertz CT molecular complexity index is 149. The summed E-state index contributed by atoms with van der Waals surface area (Å²) in [5, 5.41) is 0. The van der Waals surface area contributed by atoms with Crippen molar-refractivity contribution in [1.82, 2.24) is 0 Å². The van der Waals surface area contributed by atoms with E-state index < -0.39 is 20.6 Å². The van der Waals surface area contributed by atoms with Crippen molar-refractivity contribution in [3.05, 3.63) is 0 Å². The van der Waals surface area contributed by atoms with E-state index in [1.165, 1.54) is 0 Å². The topological polar surface area (TPSA) is 164 Å².